The van der Waals surface area contributed by atoms with E-state index in [2.05, 4.69) is 19.6 Å². The van der Waals surface area contributed by atoms with Gasteiger partial charge in [-0.1, -0.05) is 6.55 Å². The Morgan fingerprint density at radius 3 is 2.25 bits per heavy atom. The molecule has 0 radical (unpaired) electrons. The van der Waals surface area contributed by atoms with Crippen LogP contribution in [-0.2, 0) is 8.23 Å². The first-order valence-corrected chi connectivity index (χ1v) is 15.7. The van der Waals surface area contributed by atoms with Gasteiger partial charge in [0.2, 0.25) is 0 Å². The van der Waals surface area contributed by atoms with Gasteiger partial charge in [0, 0.05) is 0 Å². The van der Waals surface area contributed by atoms with Crippen molar-refractivity contribution in [2.24, 2.45) is 0 Å². The van der Waals surface area contributed by atoms with Crippen LogP contribution in [0.15, 0.2) is 0 Å². The zero-order valence-corrected chi connectivity index (χ0v) is 15.7. The largest absolute Gasteiger partial charge is 0.444 e. The monoisotopic (exact) mass is 298 g/mol. The second-order valence-corrected chi connectivity index (χ2v) is 16.5. The van der Waals surface area contributed by atoms with Gasteiger partial charge in [0.25, 0.3) is 0 Å². The Morgan fingerprint density at radius 2 is 1.81 bits per heavy atom. The molecule has 8 heteroatoms. The lowest BCUT2D eigenvalue weighted by Gasteiger charge is -2.29. The maximum Gasteiger partial charge on any atom is 0.321 e. The summed E-state index contributed by atoms with van der Waals surface area (Å²) in [7, 11) is -6.55. The molecule has 0 aliphatic carbocycles. The predicted molar refractivity (Wildman–Crippen MR) is 77.4 cm³/mol. The highest BCUT2D eigenvalue weighted by Gasteiger charge is 2.32. The molecule has 0 heterocycles. The van der Waals surface area contributed by atoms with Crippen LogP contribution in [0.1, 0.15) is 6.42 Å². The molecule has 0 rings (SSSR count). The lowest BCUT2D eigenvalue weighted by Crippen LogP contribution is -2.44. The van der Waals surface area contributed by atoms with Gasteiger partial charge in [0.05, 0.1) is 0 Å². The Hall–Kier alpha value is 0.708. The van der Waals surface area contributed by atoms with Crippen LogP contribution in [0.5, 0.6) is 0 Å². The van der Waals surface area contributed by atoms with Gasteiger partial charge in [0.15, 0.2) is 8.32 Å². The fraction of sp³-hybridized carbons (Fsp3) is 1.00. The topological polar surface area (TPSA) is 58.9 Å². The zero-order chi connectivity index (χ0) is 12.8. The molecule has 4 nitrogen and oxygen atoms in total. The molecule has 0 amide bonds. The molecular weight excluding hydrogens is 272 g/mol. The van der Waals surface area contributed by atoms with E-state index in [9.17, 15) is 9.59 Å². The molecule has 0 aromatic carbocycles. The Morgan fingerprint density at radius 1 is 1.25 bits per heavy atom. The average Bonchev–Trinajstić information content (AvgIpc) is 1.98. The van der Waals surface area contributed by atoms with Gasteiger partial charge in [-0.25, -0.2) is 0 Å². The van der Waals surface area contributed by atoms with Crippen molar-refractivity contribution in [3.05, 3.63) is 0 Å². The summed E-state index contributed by atoms with van der Waals surface area (Å²) in [6, 6.07) is 1.44. The van der Waals surface area contributed by atoms with Crippen LogP contribution >= 0.6 is 0 Å². The summed E-state index contributed by atoms with van der Waals surface area (Å²) in [6.07, 6.45) is 0.825. The van der Waals surface area contributed by atoms with Crippen LogP contribution in [0.25, 0.3) is 0 Å². The van der Waals surface area contributed by atoms with E-state index in [0.29, 0.717) is 6.04 Å². The molecule has 0 aliphatic heterocycles. The molecule has 98 valence electrons. The number of hydrogen-bond donors (Lipinski definition) is 2. The van der Waals surface area contributed by atoms with Crippen LogP contribution in [0, 0.1) is 0 Å². The van der Waals surface area contributed by atoms with Gasteiger partial charge in [0.1, 0.15) is 9.76 Å². The maximum atomic E-state index is 10.1. The normalized spacial score (nSPS) is 18.9. The van der Waals surface area contributed by atoms with Crippen molar-refractivity contribution in [2.75, 3.05) is 0 Å². The minimum Gasteiger partial charge on any atom is -0.444 e. The predicted octanol–water partition coefficient (Wildman–Crippen LogP) is 0.654. The first kappa shape index (κ1) is 16.7. The minimum atomic E-state index is -2.50. The van der Waals surface area contributed by atoms with Gasteiger partial charge in [-0.15, -0.1) is 0 Å². The van der Waals surface area contributed by atoms with Crippen molar-refractivity contribution >= 4 is 35.9 Å². The third-order valence-electron chi connectivity index (χ3n) is 1.98. The fourth-order valence-corrected chi connectivity index (χ4v) is 11.3. The second-order valence-electron chi connectivity index (χ2n) is 5.19. The summed E-state index contributed by atoms with van der Waals surface area (Å²) in [5.41, 5.74) is 0. The summed E-state index contributed by atoms with van der Waals surface area (Å²) in [4.78, 5) is 19.7. The summed E-state index contributed by atoms with van der Waals surface area (Å²) in [6.45, 7) is 10.1. The van der Waals surface area contributed by atoms with E-state index >= 15 is 0 Å². The molecule has 0 bridgehead atoms. The van der Waals surface area contributed by atoms with Gasteiger partial charge in [-0.3, -0.25) is 0 Å². The van der Waals surface area contributed by atoms with Crippen LogP contribution in [-0.4, -0.2) is 45.5 Å². The Bertz CT molecular complexity index is 195. The summed E-state index contributed by atoms with van der Waals surface area (Å²) in [5, 5.41) is 0. The van der Waals surface area contributed by atoms with Crippen molar-refractivity contribution in [1.29, 1.82) is 0 Å². The van der Waals surface area contributed by atoms with E-state index < -0.39 is 35.9 Å². The molecule has 16 heavy (non-hydrogen) atoms. The first-order valence-electron chi connectivity index (χ1n) is 5.88. The van der Waals surface area contributed by atoms with Gasteiger partial charge < -0.3 is 17.8 Å². The molecular formula is C8H26O4Si4. The molecule has 0 aliphatic rings. The van der Waals surface area contributed by atoms with Crippen molar-refractivity contribution < 1.29 is 17.8 Å². The second kappa shape index (κ2) is 7.21. The average molecular weight is 299 g/mol. The van der Waals surface area contributed by atoms with Crippen LogP contribution in [0.3, 0.4) is 0 Å². The number of rotatable bonds is 8. The lowest BCUT2D eigenvalue weighted by molar-refractivity contribution is 0.374. The molecule has 0 aromatic rings. The summed E-state index contributed by atoms with van der Waals surface area (Å²) >= 11 is 0. The smallest absolute Gasteiger partial charge is 0.321 e. The molecule has 0 spiro atoms. The maximum absolute atomic E-state index is 10.1. The Balaban J connectivity index is 3.82. The van der Waals surface area contributed by atoms with E-state index in [1.807, 2.05) is 13.1 Å². The highest BCUT2D eigenvalue weighted by Crippen LogP contribution is 2.18. The van der Waals surface area contributed by atoms with E-state index in [-0.39, 0.29) is 0 Å². The van der Waals surface area contributed by atoms with Crippen LogP contribution in [0.4, 0.5) is 0 Å². The molecule has 0 saturated heterocycles. The molecule has 2 unspecified atom stereocenters. The molecule has 2 N–H and O–H groups in total. The fourth-order valence-electron chi connectivity index (χ4n) is 1.59. The quantitative estimate of drug-likeness (QED) is 0.646. The van der Waals surface area contributed by atoms with Crippen LogP contribution < -0.4 is 0 Å². The van der Waals surface area contributed by atoms with Crippen LogP contribution in [0.2, 0.25) is 44.8 Å². The third-order valence-corrected chi connectivity index (χ3v) is 11.2. The lowest BCUT2D eigenvalue weighted by atomic mass is 10.6. The highest BCUT2D eigenvalue weighted by atomic mass is 28.4. The molecule has 0 aromatic heterocycles. The van der Waals surface area contributed by atoms with E-state index in [0.717, 1.165) is 12.5 Å². The van der Waals surface area contributed by atoms with Crippen molar-refractivity contribution in [3.8, 4) is 0 Å². The van der Waals surface area contributed by atoms with Gasteiger partial charge in [-0.05, 0) is 44.7 Å². The highest BCUT2D eigenvalue weighted by molar-refractivity contribution is 6.81. The molecule has 0 saturated carbocycles. The molecule has 0 fully saturated rings. The third kappa shape index (κ3) is 9.90. The Labute approximate surface area is 105 Å². The number of hydrogen-bond acceptors (Lipinski definition) is 4. The Kier molecular flexibility index (Phi) is 7.53. The zero-order valence-electron chi connectivity index (χ0n) is 11.1. The SMILES string of the molecule is C[SiH2]O[SiH](O)CCC[Si](C)(O)O[Si](C)(C)C. The van der Waals surface area contributed by atoms with E-state index in [4.69, 9.17) is 8.23 Å². The standard InChI is InChI=1S/C8H26O4Si4/c1-13-11-14(9)7-6-8-16(5,10)12-15(2,3)4/h9-10,14H,6-8,13H2,1-5H3. The first-order chi connectivity index (χ1) is 7.16. The van der Waals surface area contributed by atoms with Gasteiger partial charge in [-0.2, -0.15) is 0 Å². The van der Waals surface area contributed by atoms with Crippen molar-refractivity contribution in [2.45, 2.75) is 51.2 Å². The van der Waals surface area contributed by atoms with Crippen molar-refractivity contribution in [1.82, 2.24) is 0 Å². The van der Waals surface area contributed by atoms with Crippen molar-refractivity contribution in [3.63, 3.8) is 0 Å². The summed E-state index contributed by atoms with van der Waals surface area (Å²) < 4.78 is 11.1. The van der Waals surface area contributed by atoms with Gasteiger partial charge >= 0.3 is 17.8 Å². The minimum absolute atomic E-state index is 0.487. The van der Waals surface area contributed by atoms with E-state index in [1.165, 1.54) is 0 Å². The van der Waals surface area contributed by atoms with E-state index in [1.54, 1.807) is 0 Å². The molecule has 2 atom stereocenters. The summed E-state index contributed by atoms with van der Waals surface area (Å²) in [5.74, 6) is 0.